The average molecular weight is 274 g/mol. The summed E-state index contributed by atoms with van der Waals surface area (Å²) in [5.41, 5.74) is 0. The first-order valence-corrected chi connectivity index (χ1v) is 6.30. The minimum atomic E-state index is -3.89. The Kier molecular flexibility index (Phi) is 3.70. The van der Waals surface area contributed by atoms with E-state index in [1.54, 1.807) is 0 Å². The van der Waals surface area contributed by atoms with Crippen LogP contribution in [0.5, 0.6) is 0 Å². The summed E-state index contributed by atoms with van der Waals surface area (Å²) in [5.74, 6) is 0. The highest BCUT2D eigenvalue weighted by molar-refractivity contribution is 9.09. The van der Waals surface area contributed by atoms with Crippen LogP contribution in [-0.2, 0) is 14.5 Å². The van der Waals surface area contributed by atoms with Crippen molar-refractivity contribution < 1.29 is 17.7 Å². The third kappa shape index (κ3) is 3.90. The van der Waals surface area contributed by atoms with Gasteiger partial charge in [-0.25, -0.2) is 5.14 Å². The van der Waals surface area contributed by atoms with Crippen LogP contribution in [0.15, 0.2) is 0 Å². The zero-order valence-electron chi connectivity index (χ0n) is 6.89. The Hall–Kier alpha value is 0.310. The first kappa shape index (κ1) is 11.4. The van der Waals surface area contributed by atoms with Crippen LogP contribution in [0.3, 0.4) is 0 Å². The Morgan fingerprint density at radius 1 is 1.46 bits per heavy atom. The molecular weight excluding hydrogens is 262 g/mol. The molecule has 0 radical (unpaired) electrons. The second kappa shape index (κ2) is 4.22. The summed E-state index contributed by atoms with van der Waals surface area (Å²) in [6, 6.07) is 0. The van der Waals surface area contributed by atoms with E-state index in [1.807, 2.05) is 0 Å². The molecule has 1 aliphatic carbocycles. The summed E-state index contributed by atoms with van der Waals surface area (Å²) in [6.45, 7) is 0. The lowest BCUT2D eigenvalue weighted by atomic mass is 9.95. The normalized spacial score (nSPS) is 36.1. The third-order valence-electron chi connectivity index (χ3n) is 1.94. The Balaban J connectivity index is 2.52. The topological polar surface area (TPSA) is 89.6 Å². The molecule has 5 nitrogen and oxygen atoms in total. The van der Waals surface area contributed by atoms with E-state index in [9.17, 15) is 13.5 Å². The van der Waals surface area contributed by atoms with E-state index in [4.69, 9.17) is 5.14 Å². The highest BCUT2D eigenvalue weighted by atomic mass is 79.9. The number of alkyl halides is 1. The van der Waals surface area contributed by atoms with Crippen molar-refractivity contribution in [1.29, 1.82) is 0 Å². The van der Waals surface area contributed by atoms with E-state index in [0.717, 1.165) is 0 Å². The van der Waals surface area contributed by atoms with Gasteiger partial charge >= 0.3 is 10.3 Å². The summed E-state index contributed by atoms with van der Waals surface area (Å²) >= 11 is 3.24. The quantitative estimate of drug-likeness (QED) is 0.687. The van der Waals surface area contributed by atoms with Crippen molar-refractivity contribution in [3.63, 3.8) is 0 Å². The van der Waals surface area contributed by atoms with Gasteiger partial charge in [-0.3, -0.25) is 4.18 Å². The fraction of sp³-hybridized carbons (Fsp3) is 1.00. The van der Waals surface area contributed by atoms with Crippen LogP contribution >= 0.6 is 15.9 Å². The van der Waals surface area contributed by atoms with Gasteiger partial charge in [-0.2, -0.15) is 8.42 Å². The number of aliphatic hydroxyl groups is 1. The average Bonchev–Trinajstić information content (AvgIpc) is 1.93. The Morgan fingerprint density at radius 2 is 2.08 bits per heavy atom. The van der Waals surface area contributed by atoms with Crippen molar-refractivity contribution in [2.45, 2.75) is 36.3 Å². The van der Waals surface area contributed by atoms with Gasteiger partial charge in [0.1, 0.15) is 0 Å². The van der Waals surface area contributed by atoms with Crippen LogP contribution in [0.4, 0.5) is 0 Å². The summed E-state index contributed by atoms with van der Waals surface area (Å²) in [4.78, 5) is -0.158. The monoisotopic (exact) mass is 273 g/mol. The van der Waals surface area contributed by atoms with E-state index < -0.39 is 16.4 Å². The fourth-order valence-electron chi connectivity index (χ4n) is 1.35. The van der Waals surface area contributed by atoms with Crippen molar-refractivity contribution in [3.05, 3.63) is 0 Å². The first-order valence-electron chi connectivity index (χ1n) is 3.91. The lowest BCUT2D eigenvalue weighted by Crippen LogP contribution is -2.37. The minimum Gasteiger partial charge on any atom is -0.393 e. The van der Waals surface area contributed by atoms with Crippen molar-refractivity contribution in [3.8, 4) is 0 Å². The van der Waals surface area contributed by atoms with E-state index in [-0.39, 0.29) is 10.9 Å². The molecule has 3 unspecified atom stereocenters. The number of nitrogens with two attached hydrogens (primary N) is 1. The number of halogens is 1. The van der Waals surface area contributed by atoms with Gasteiger partial charge in [0.15, 0.2) is 0 Å². The molecule has 78 valence electrons. The van der Waals surface area contributed by atoms with Crippen molar-refractivity contribution >= 4 is 26.2 Å². The molecule has 0 bridgehead atoms. The maximum Gasteiger partial charge on any atom is 0.333 e. The van der Waals surface area contributed by atoms with Gasteiger partial charge in [-0.15, -0.1) is 0 Å². The lowest BCUT2D eigenvalue weighted by molar-refractivity contribution is 0.0763. The van der Waals surface area contributed by atoms with Gasteiger partial charge in [0, 0.05) is 4.83 Å². The molecule has 0 saturated heterocycles. The SMILES string of the molecule is NS(=O)(=O)OC1CCC(O)CC1Br. The highest BCUT2D eigenvalue weighted by Crippen LogP contribution is 2.27. The molecule has 0 amide bonds. The molecule has 0 heterocycles. The zero-order chi connectivity index (χ0) is 10.1. The smallest absolute Gasteiger partial charge is 0.333 e. The Morgan fingerprint density at radius 3 is 2.54 bits per heavy atom. The Labute approximate surface area is 85.6 Å². The molecule has 7 heteroatoms. The first-order chi connectivity index (χ1) is 5.88. The van der Waals surface area contributed by atoms with Gasteiger partial charge in [0.05, 0.1) is 12.2 Å². The molecule has 1 saturated carbocycles. The lowest BCUT2D eigenvalue weighted by Gasteiger charge is -2.29. The van der Waals surface area contributed by atoms with Gasteiger partial charge in [-0.05, 0) is 19.3 Å². The number of hydrogen-bond donors (Lipinski definition) is 2. The molecule has 1 rings (SSSR count). The predicted molar refractivity (Wildman–Crippen MR) is 50.6 cm³/mol. The molecule has 0 spiro atoms. The fourth-order valence-corrected chi connectivity index (χ4v) is 2.87. The van der Waals surface area contributed by atoms with Crippen molar-refractivity contribution in [1.82, 2.24) is 0 Å². The molecule has 0 aromatic heterocycles. The number of rotatable bonds is 2. The number of hydrogen-bond acceptors (Lipinski definition) is 4. The van der Waals surface area contributed by atoms with E-state index in [2.05, 4.69) is 20.1 Å². The molecule has 1 aliphatic rings. The summed E-state index contributed by atoms with van der Waals surface area (Å²) in [6.07, 6.45) is 0.679. The molecule has 3 atom stereocenters. The van der Waals surface area contributed by atoms with Crippen molar-refractivity contribution in [2.75, 3.05) is 0 Å². The molecule has 3 N–H and O–H groups in total. The summed E-state index contributed by atoms with van der Waals surface area (Å²) in [5, 5.41) is 14.0. The van der Waals surface area contributed by atoms with E-state index >= 15 is 0 Å². The van der Waals surface area contributed by atoms with Gasteiger partial charge in [0.2, 0.25) is 0 Å². The standard InChI is InChI=1S/C6H12BrNO4S/c7-5-3-4(9)1-2-6(5)12-13(8,10)11/h4-6,9H,1-3H2,(H2,8,10,11). The van der Waals surface area contributed by atoms with Crippen LogP contribution in [0.25, 0.3) is 0 Å². The maximum absolute atomic E-state index is 10.6. The molecule has 0 aromatic carbocycles. The second-order valence-electron chi connectivity index (χ2n) is 3.11. The molecule has 0 aromatic rings. The zero-order valence-corrected chi connectivity index (χ0v) is 9.29. The minimum absolute atomic E-state index is 0.158. The number of aliphatic hydroxyl groups excluding tert-OH is 1. The highest BCUT2D eigenvalue weighted by Gasteiger charge is 2.30. The molecule has 13 heavy (non-hydrogen) atoms. The molecule has 0 aliphatic heterocycles. The van der Waals surface area contributed by atoms with Crippen molar-refractivity contribution in [2.24, 2.45) is 5.14 Å². The van der Waals surface area contributed by atoms with Gasteiger partial charge in [0.25, 0.3) is 0 Å². The van der Waals surface area contributed by atoms with Gasteiger partial charge in [-0.1, -0.05) is 15.9 Å². The van der Waals surface area contributed by atoms with E-state index in [0.29, 0.717) is 19.3 Å². The van der Waals surface area contributed by atoms with Gasteiger partial charge < -0.3 is 5.11 Å². The predicted octanol–water partition coefficient (Wildman–Crippen LogP) is -0.117. The Bertz CT molecular complexity index is 268. The van der Waals surface area contributed by atoms with Crippen LogP contribution in [0.1, 0.15) is 19.3 Å². The molecule has 1 fully saturated rings. The largest absolute Gasteiger partial charge is 0.393 e. The second-order valence-corrected chi connectivity index (χ2v) is 5.46. The summed E-state index contributed by atoms with van der Waals surface area (Å²) in [7, 11) is -3.89. The molecular formula is C6H12BrNO4S. The maximum atomic E-state index is 10.6. The van der Waals surface area contributed by atoms with Crippen LogP contribution in [0.2, 0.25) is 0 Å². The van der Waals surface area contributed by atoms with Crippen LogP contribution in [-0.4, -0.2) is 30.6 Å². The summed E-state index contributed by atoms with van der Waals surface area (Å²) < 4.78 is 25.8. The van der Waals surface area contributed by atoms with E-state index in [1.165, 1.54) is 0 Å². The third-order valence-corrected chi connectivity index (χ3v) is 3.42. The van der Waals surface area contributed by atoms with Crippen LogP contribution in [0, 0.1) is 0 Å². The van der Waals surface area contributed by atoms with Crippen LogP contribution < -0.4 is 5.14 Å².